The van der Waals surface area contributed by atoms with E-state index in [1.165, 1.54) is 43.3 Å². The van der Waals surface area contributed by atoms with Crippen LogP contribution in [0.5, 0.6) is 0 Å². The summed E-state index contributed by atoms with van der Waals surface area (Å²) in [5.41, 5.74) is 2.60. The van der Waals surface area contributed by atoms with Crippen LogP contribution in [0, 0.1) is 5.82 Å². The molecule has 9 nitrogen and oxygen atoms in total. The summed E-state index contributed by atoms with van der Waals surface area (Å²) in [5.74, 6) is -0.786. The van der Waals surface area contributed by atoms with Crippen molar-refractivity contribution < 1.29 is 21.8 Å². The predicted molar refractivity (Wildman–Crippen MR) is 151 cm³/mol. The number of nitrogens with one attached hydrogen (secondary N) is 1. The number of pyridine rings is 1. The summed E-state index contributed by atoms with van der Waals surface area (Å²) in [6.45, 7) is 9.84. The maximum absolute atomic E-state index is 13.3. The molecule has 0 bridgehead atoms. The SMILES string of the molecule is C=Cc1c(/C(=C\C)C(=O)NCc2ccnc(N(S(C)=O)S(C)(=O)=O)c2)cnn1-c1ccc(F)cc1.CCC. The lowest BCUT2D eigenvalue weighted by atomic mass is 10.1. The van der Waals surface area contributed by atoms with Gasteiger partial charge in [-0.2, -0.15) is 8.81 Å². The Kier molecular flexibility index (Phi) is 11.1. The van der Waals surface area contributed by atoms with Crippen LogP contribution in [0.2, 0.25) is 0 Å². The molecule has 0 radical (unpaired) electrons. The van der Waals surface area contributed by atoms with Gasteiger partial charge in [0.25, 0.3) is 5.91 Å². The Morgan fingerprint density at radius 2 is 1.87 bits per heavy atom. The van der Waals surface area contributed by atoms with Crippen LogP contribution in [0.1, 0.15) is 44.0 Å². The van der Waals surface area contributed by atoms with E-state index in [0.717, 1.165) is 6.26 Å². The van der Waals surface area contributed by atoms with Gasteiger partial charge in [0.1, 0.15) is 16.8 Å². The molecule has 1 aromatic carbocycles. The molecule has 0 spiro atoms. The van der Waals surface area contributed by atoms with Crippen LogP contribution in [-0.4, -0.2) is 45.8 Å². The van der Waals surface area contributed by atoms with Crippen LogP contribution in [0.25, 0.3) is 17.3 Å². The lowest BCUT2D eigenvalue weighted by Crippen LogP contribution is -2.32. The molecule has 0 aliphatic carbocycles. The van der Waals surface area contributed by atoms with Crippen LogP contribution >= 0.6 is 0 Å². The van der Waals surface area contributed by atoms with E-state index >= 15 is 0 Å². The van der Waals surface area contributed by atoms with Crippen molar-refractivity contribution in [3.63, 3.8) is 0 Å². The number of hydrogen-bond donors (Lipinski definition) is 1. The van der Waals surface area contributed by atoms with Crippen molar-refractivity contribution >= 4 is 44.4 Å². The first kappa shape index (κ1) is 30.6. The quantitative estimate of drug-likeness (QED) is 0.391. The summed E-state index contributed by atoms with van der Waals surface area (Å²) < 4.78 is 51.5. The number of amides is 1. The fraction of sp³-hybridized carbons (Fsp3) is 0.269. The number of anilines is 1. The number of allylic oxidation sites excluding steroid dienone is 1. The average molecular weight is 562 g/mol. The Balaban J connectivity index is 0.00000161. The topological polar surface area (TPSA) is 114 Å². The Hall–Kier alpha value is -3.64. The van der Waals surface area contributed by atoms with E-state index in [-0.39, 0.29) is 18.2 Å². The van der Waals surface area contributed by atoms with Crippen molar-refractivity contribution in [1.29, 1.82) is 0 Å². The molecule has 0 saturated heterocycles. The van der Waals surface area contributed by atoms with Gasteiger partial charge in [-0.3, -0.25) is 4.79 Å². The standard InChI is InChI=1S/C23H24FN5O4S2.C3H8/c1-5-19(20-15-27-28(21(20)6-2)18-9-7-17(24)8-10-18)23(30)26-14-16-11-12-25-22(13-16)29(34(3)31)35(4,32)33;1-3-2/h5-13,15H,2,14H2,1,3-4H3,(H,26,30);3H2,1-2H3/b19-5+;. The van der Waals surface area contributed by atoms with Crippen molar-refractivity contribution in [2.75, 3.05) is 16.2 Å². The molecular weight excluding hydrogens is 529 g/mol. The van der Waals surface area contributed by atoms with Crippen LogP contribution in [-0.2, 0) is 32.3 Å². The number of aromatic nitrogens is 3. The predicted octanol–water partition coefficient (Wildman–Crippen LogP) is 4.24. The second-order valence-electron chi connectivity index (χ2n) is 8.06. The monoisotopic (exact) mass is 561 g/mol. The molecule has 2 aromatic heterocycles. The highest BCUT2D eigenvalue weighted by atomic mass is 32.3. The normalized spacial score (nSPS) is 12.2. The minimum Gasteiger partial charge on any atom is -0.348 e. The van der Waals surface area contributed by atoms with E-state index < -0.39 is 26.9 Å². The molecule has 1 amide bonds. The second-order valence-corrected chi connectivity index (χ2v) is 11.3. The Labute approximate surface area is 225 Å². The molecule has 0 aliphatic rings. The van der Waals surface area contributed by atoms with Gasteiger partial charge in [-0.1, -0.05) is 32.9 Å². The number of halogens is 1. The van der Waals surface area contributed by atoms with Gasteiger partial charge in [-0.15, -0.1) is 0 Å². The summed E-state index contributed by atoms with van der Waals surface area (Å²) in [5, 5.41) is 7.12. The molecule has 2 heterocycles. The molecule has 0 saturated carbocycles. The smallest absolute Gasteiger partial charge is 0.251 e. The first-order chi connectivity index (χ1) is 18.0. The third-order valence-electron chi connectivity index (χ3n) is 4.88. The van der Waals surface area contributed by atoms with Gasteiger partial charge in [0.05, 0.1) is 23.8 Å². The molecule has 3 aromatic rings. The van der Waals surface area contributed by atoms with Crippen molar-refractivity contribution in [2.24, 2.45) is 0 Å². The summed E-state index contributed by atoms with van der Waals surface area (Å²) >= 11 is 0. The highest BCUT2D eigenvalue weighted by Crippen LogP contribution is 2.24. The number of carbonyl (C=O) groups is 1. The van der Waals surface area contributed by atoms with Crippen LogP contribution in [0.4, 0.5) is 10.2 Å². The molecule has 1 unspecified atom stereocenters. The van der Waals surface area contributed by atoms with Crippen molar-refractivity contribution in [3.05, 3.63) is 84.1 Å². The third kappa shape index (κ3) is 7.68. The number of rotatable bonds is 9. The number of benzene rings is 1. The number of hydrogen-bond acceptors (Lipinski definition) is 6. The van der Waals surface area contributed by atoms with Crippen molar-refractivity contribution in [2.45, 2.75) is 33.7 Å². The zero-order valence-electron chi connectivity index (χ0n) is 22.0. The van der Waals surface area contributed by atoms with E-state index in [1.54, 1.807) is 42.0 Å². The van der Waals surface area contributed by atoms with E-state index in [0.29, 0.717) is 31.8 Å². The van der Waals surface area contributed by atoms with Crippen LogP contribution < -0.4 is 9.03 Å². The molecule has 3 rings (SSSR count). The average Bonchev–Trinajstić information content (AvgIpc) is 3.27. The van der Waals surface area contributed by atoms with Gasteiger partial charge in [-0.25, -0.2) is 26.7 Å². The first-order valence-corrected chi connectivity index (χ1v) is 15.0. The van der Waals surface area contributed by atoms with E-state index in [2.05, 4.69) is 35.8 Å². The summed E-state index contributed by atoms with van der Waals surface area (Å²) in [6.07, 6.45) is 9.52. The minimum atomic E-state index is -3.81. The Bertz CT molecular complexity index is 1430. The highest BCUT2D eigenvalue weighted by Gasteiger charge is 2.23. The molecule has 12 heteroatoms. The van der Waals surface area contributed by atoms with E-state index in [4.69, 9.17) is 0 Å². The van der Waals surface area contributed by atoms with Crippen molar-refractivity contribution in [3.8, 4) is 5.69 Å². The van der Waals surface area contributed by atoms with Gasteiger partial charge < -0.3 is 5.32 Å². The number of sulfonamides is 1. The Morgan fingerprint density at radius 1 is 1.24 bits per heavy atom. The third-order valence-corrected chi connectivity index (χ3v) is 7.76. The van der Waals surface area contributed by atoms with E-state index in [9.17, 15) is 21.8 Å². The van der Waals surface area contributed by atoms with E-state index in [1.807, 2.05) is 0 Å². The molecule has 1 atom stereocenters. The zero-order valence-corrected chi connectivity index (χ0v) is 23.6. The number of carbonyl (C=O) groups excluding carboxylic acids is 1. The van der Waals surface area contributed by atoms with Gasteiger partial charge >= 0.3 is 0 Å². The minimum absolute atomic E-state index is 0.0131. The lowest BCUT2D eigenvalue weighted by Gasteiger charge is -2.18. The molecule has 1 N–H and O–H groups in total. The lowest BCUT2D eigenvalue weighted by molar-refractivity contribution is -0.115. The van der Waals surface area contributed by atoms with Gasteiger partial charge in [0, 0.05) is 30.1 Å². The zero-order chi connectivity index (χ0) is 28.5. The fourth-order valence-electron chi connectivity index (χ4n) is 3.40. The van der Waals surface area contributed by atoms with Gasteiger partial charge in [-0.05, 0) is 55.0 Å². The van der Waals surface area contributed by atoms with Crippen LogP contribution in [0.3, 0.4) is 0 Å². The van der Waals surface area contributed by atoms with Gasteiger partial charge in [0.2, 0.25) is 10.0 Å². The highest BCUT2D eigenvalue weighted by molar-refractivity contribution is 8.06. The fourth-order valence-corrected chi connectivity index (χ4v) is 5.73. The largest absolute Gasteiger partial charge is 0.348 e. The van der Waals surface area contributed by atoms with Crippen molar-refractivity contribution in [1.82, 2.24) is 20.1 Å². The molecular formula is C26H32FN5O4S2. The second kappa shape index (κ2) is 13.8. The summed E-state index contributed by atoms with van der Waals surface area (Å²) in [7, 11) is -5.66. The molecule has 204 valence electrons. The summed E-state index contributed by atoms with van der Waals surface area (Å²) in [4.78, 5) is 17.0. The molecule has 0 aliphatic heterocycles. The maximum atomic E-state index is 13.3. The summed E-state index contributed by atoms with van der Waals surface area (Å²) in [6, 6.07) is 8.82. The maximum Gasteiger partial charge on any atom is 0.251 e. The van der Waals surface area contributed by atoms with Gasteiger partial charge in [0.15, 0.2) is 5.82 Å². The first-order valence-electron chi connectivity index (χ1n) is 11.7. The number of nitrogens with zero attached hydrogens (tertiary/aromatic N) is 4. The molecule has 38 heavy (non-hydrogen) atoms. The van der Waals surface area contributed by atoms with Crippen LogP contribution in [0.15, 0.2) is 61.4 Å². The molecule has 0 fully saturated rings. The Morgan fingerprint density at radius 3 is 2.39 bits per heavy atom.